The van der Waals surface area contributed by atoms with E-state index in [0.717, 1.165) is 0 Å². The van der Waals surface area contributed by atoms with Crippen molar-refractivity contribution in [3.05, 3.63) is 0 Å². The highest BCUT2D eigenvalue weighted by Gasteiger charge is 2.34. The van der Waals surface area contributed by atoms with Gasteiger partial charge < -0.3 is 56.4 Å². The average Bonchev–Trinajstić information content (AvgIpc) is 2.69. The minimum Gasteiger partial charge on any atom is -0.394 e. The molecule has 0 aliphatic carbocycles. The van der Waals surface area contributed by atoms with Crippen LogP contribution in [0.25, 0.3) is 0 Å². The fourth-order valence-corrected chi connectivity index (χ4v) is 2.61. The van der Waals surface area contributed by atoms with Crippen LogP contribution < -0.4 is 5.32 Å². The van der Waals surface area contributed by atoms with Gasteiger partial charge in [-0.3, -0.25) is 4.90 Å². The Morgan fingerprint density at radius 1 is 0.643 bits per heavy atom. The van der Waals surface area contributed by atoms with E-state index >= 15 is 0 Å². The van der Waals surface area contributed by atoms with Crippen LogP contribution in [0, 0.1) is 0 Å². The molecule has 0 amide bonds. The van der Waals surface area contributed by atoms with E-state index in [2.05, 4.69) is 5.32 Å². The van der Waals surface area contributed by atoms with Crippen LogP contribution >= 0.6 is 0 Å². The first-order valence-corrected chi connectivity index (χ1v) is 9.13. The van der Waals surface area contributed by atoms with Crippen LogP contribution in [0.15, 0.2) is 0 Å². The van der Waals surface area contributed by atoms with Crippen molar-refractivity contribution in [2.45, 2.75) is 55.3 Å². The summed E-state index contributed by atoms with van der Waals surface area (Å²) >= 11 is 0. The lowest BCUT2D eigenvalue weighted by molar-refractivity contribution is -0.130. The molecule has 0 aliphatic heterocycles. The van der Waals surface area contributed by atoms with Crippen molar-refractivity contribution >= 4 is 0 Å². The van der Waals surface area contributed by atoms with Crippen LogP contribution in [0.5, 0.6) is 0 Å². The van der Waals surface area contributed by atoms with Gasteiger partial charge in [-0.05, 0) is 26.6 Å². The molecule has 0 saturated carbocycles. The van der Waals surface area contributed by atoms with E-state index in [1.54, 1.807) is 7.05 Å². The third kappa shape index (κ3) is 9.35. The molecular weight excluding hydrogens is 380 g/mol. The smallest absolute Gasteiger partial charge is 0.111 e. The Morgan fingerprint density at radius 3 is 1.32 bits per heavy atom. The summed E-state index contributed by atoms with van der Waals surface area (Å²) in [5, 5.41) is 98.7. The lowest BCUT2D eigenvalue weighted by Crippen LogP contribution is -2.53. The zero-order chi connectivity index (χ0) is 21.9. The molecule has 0 spiro atoms. The van der Waals surface area contributed by atoms with Crippen molar-refractivity contribution < 1.29 is 51.1 Å². The molecule has 0 aromatic carbocycles. The molecule has 28 heavy (non-hydrogen) atoms. The molecule has 11 N–H and O–H groups in total. The average molecular weight is 416 g/mol. The largest absolute Gasteiger partial charge is 0.394 e. The van der Waals surface area contributed by atoms with Gasteiger partial charge in [-0.25, -0.2) is 0 Å². The van der Waals surface area contributed by atoms with Gasteiger partial charge >= 0.3 is 0 Å². The van der Waals surface area contributed by atoms with E-state index in [0.29, 0.717) is 19.5 Å². The first-order chi connectivity index (χ1) is 13.1. The van der Waals surface area contributed by atoms with Crippen molar-refractivity contribution in [1.82, 2.24) is 10.2 Å². The van der Waals surface area contributed by atoms with Gasteiger partial charge in [0.1, 0.15) is 36.6 Å². The van der Waals surface area contributed by atoms with Gasteiger partial charge in [-0.1, -0.05) is 0 Å². The van der Waals surface area contributed by atoms with Crippen molar-refractivity contribution in [3.8, 4) is 0 Å². The number of nitrogens with zero attached hydrogens (tertiary/aromatic N) is 1. The summed E-state index contributed by atoms with van der Waals surface area (Å²) in [6.45, 7) is -1.26. The maximum Gasteiger partial charge on any atom is 0.111 e. The zero-order valence-electron chi connectivity index (χ0n) is 16.0. The highest BCUT2D eigenvalue weighted by molar-refractivity contribution is 4.86. The minimum atomic E-state index is -1.80. The highest BCUT2D eigenvalue weighted by atomic mass is 16.4. The summed E-state index contributed by atoms with van der Waals surface area (Å²) < 4.78 is 0. The van der Waals surface area contributed by atoms with Crippen LogP contribution in [0.2, 0.25) is 0 Å². The summed E-state index contributed by atoms with van der Waals surface area (Å²) in [4.78, 5) is 1.45. The summed E-state index contributed by atoms with van der Waals surface area (Å²) in [6, 6.07) is 0. The molecule has 0 unspecified atom stereocenters. The van der Waals surface area contributed by atoms with Crippen molar-refractivity contribution in [3.63, 3.8) is 0 Å². The molecule has 0 fully saturated rings. The van der Waals surface area contributed by atoms with E-state index in [4.69, 9.17) is 10.2 Å². The normalized spacial score (nSPS) is 21.0. The first-order valence-electron chi connectivity index (χ1n) is 9.13. The second kappa shape index (κ2) is 14.5. The molecular formula is C16H36N2O10. The zero-order valence-corrected chi connectivity index (χ0v) is 16.0. The maximum absolute atomic E-state index is 10.1. The third-order valence-electron chi connectivity index (χ3n) is 4.44. The summed E-state index contributed by atoms with van der Waals surface area (Å²) in [6.07, 6.45) is -13.0. The molecule has 0 aliphatic rings. The monoisotopic (exact) mass is 416 g/mol. The fourth-order valence-electron chi connectivity index (χ4n) is 2.61. The number of aliphatic hydroxyl groups is 10. The van der Waals surface area contributed by atoms with Crippen molar-refractivity contribution in [1.29, 1.82) is 0 Å². The van der Waals surface area contributed by atoms with Crippen molar-refractivity contribution in [2.75, 3.05) is 46.4 Å². The Bertz CT molecular complexity index is 364. The van der Waals surface area contributed by atoms with E-state index in [9.17, 15) is 40.9 Å². The molecule has 0 saturated heterocycles. The molecule has 170 valence electrons. The maximum atomic E-state index is 10.1. The molecule has 0 heterocycles. The van der Waals surface area contributed by atoms with Crippen molar-refractivity contribution in [2.24, 2.45) is 0 Å². The molecule has 0 bridgehead atoms. The minimum absolute atomic E-state index is 0.261. The predicted octanol–water partition coefficient (Wildman–Crippen LogP) is -6.23. The number of nitrogens with one attached hydrogen (secondary N) is 1. The van der Waals surface area contributed by atoms with Crippen LogP contribution in [0.4, 0.5) is 0 Å². The van der Waals surface area contributed by atoms with Crippen LogP contribution in [0.1, 0.15) is 6.42 Å². The lowest BCUT2D eigenvalue weighted by atomic mass is 10.0. The Labute approximate surface area is 163 Å². The van der Waals surface area contributed by atoms with Gasteiger partial charge in [0.2, 0.25) is 0 Å². The summed E-state index contributed by atoms with van der Waals surface area (Å²) in [5.41, 5.74) is 0. The Balaban J connectivity index is 4.96. The SMILES string of the molecule is CNCCCN(C[C@H](O)[C@@H](O)[C@H](O)[C@H](O)CO)C[C@H](O)[C@@H](O)[C@H](O)[C@H](O)CO. The topological polar surface area (TPSA) is 218 Å². The van der Waals surface area contributed by atoms with Gasteiger partial charge in [-0.2, -0.15) is 0 Å². The van der Waals surface area contributed by atoms with E-state index in [1.165, 1.54) is 4.90 Å². The van der Waals surface area contributed by atoms with E-state index in [1.807, 2.05) is 0 Å². The molecule has 12 heteroatoms. The van der Waals surface area contributed by atoms with Gasteiger partial charge in [-0.15, -0.1) is 0 Å². The molecule has 8 atom stereocenters. The molecule has 0 aromatic rings. The molecule has 0 aromatic heterocycles. The van der Waals surface area contributed by atoms with Crippen LogP contribution in [-0.4, -0.2) is 151 Å². The molecule has 12 nitrogen and oxygen atoms in total. The summed E-state index contributed by atoms with van der Waals surface area (Å²) in [7, 11) is 1.72. The lowest BCUT2D eigenvalue weighted by Gasteiger charge is -2.33. The summed E-state index contributed by atoms with van der Waals surface area (Å²) in [5.74, 6) is 0. The quantitative estimate of drug-likeness (QED) is 0.106. The van der Waals surface area contributed by atoms with Gasteiger partial charge in [0.05, 0.1) is 25.4 Å². The second-order valence-electron chi connectivity index (χ2n) is 6.81. The number of hydrogen-bond acceptors (Lipinski definition) is 12. The molecule has 0 radical (unpaired) electrons. The Morgan fingerprint density at radius 2 is 1.00 bits per heavy atom. The number of aliphatic hydroxyl groups excluding tert-OH is 10. The van der Waals surface area contributed by atoms with E-state index < -0.39 is 62.0 Å². The van der Waals surface area contributed by atoms with Crippen LogP contribution in [0.3, 0.4) is 0 Å². The standard InChI is InChI=1S/C16H36N2O10/c1-17-3-2-4-18(5-9(21)13(25)15(27)11(23)7-19)6-10(22)14(26)16(28)12(24)8-20/h9-17,19-28H,2-8H2,1H3/t9-,10-,11+,12+,13+,14+,15+,16+/m0/s1. The first kappa shape index (κ1) is 27.5. The fraction of sp³-hybridized carbons (Fsp3) is 1.00. The highest BCUT2D eigenvalue weighted by Crippen LogP contribution is 2.11. The van der Waals surface area contributed by atoms with E-state index in [-0.39, 0.29) is 13.1 Å². The third-order valence-corrected chi connectivity index (χ3v) is 4.44. The van der Waals surface area contributed by atoms with Crippen LogP contribution in [-0.2, 0) is 0 Å². The Hall–Kier alpha value is -0.480. The predicted molar refractivity (Wildman–Crippen MR) is 97.2 cm³/mol. The van der Waals surface area contributed by atoms with Gasteiger partial charge in [0.25, 0.3) is 0 Å². The number of hydrogen-bond donors (Lipinski definition) is 11. The molecule has 0 rings (SSSR count). The second-order valence-corrected chi connectivity index (χ2v) is 6.81. The van der Waals surface area contributed by atoms with Gasteiger partial charge in [0.15, 0.2) is 0 Å². The van der Waals surface area contributed by atoms with Gasteiger partial charge in [0, 0.05) is 13.1 Å². The number of rotatable bonds is 16. The Kier molecular flexibility index (Phi) is 14.2.